The minimum atomic E-state index is -3.58. The molecule has 1 aliphatic rings. The lowest BCUT2D eigenvalue weighted by Crippen LogP contribution is -2.34. The van der Waals surface area contributed by atoms with Crippen molar-refractivity contribution in [3.8, 4) is 11.5 Å². The Labute approximate surface area is 137 Å². The maximum absolute atomic E-state index is 12.8. The molecular weight excluding hydrogens is 375 g/mol. The number of esters is 1. The van der Waals surface area contributed by atoms with E-state index in [1.807, 2.05) is 0 Å². The van der Waals surface area contributed by atoms with Gasteiger partial charge in [0.05, 0.1) is 20.3 Å². The van der Waals surface area contributed by atoms with Crippen LogP contribution in [0.3, 0.4) is 0 Å². The average Bonchev–Trinajstić information content (AvgIpc) is 2.46. The van der Waals surface area contributed by atoms with Crippen LogP contribution in [-0.4, -0.2) is 32.0 Å². The number of hydrogen-bond donors (Lipinski definition) is 0. The van der Waals surface area contributed by atoms with Crippen LogP contribution in [0.1, 0.15) is 19.4 Å². The van der Waals surface area contributed by atoms with Crippen molar-refractivity contribution in [2.45, 2.75) is 25.9 Å². The van der Waals surface area contributed by atoms with E-state index in [0.29, 0.717) is 11.5 Å². The molecule has 1 atom stereocenters. The second kappa shape index (κ2) is 7.13. The highest BCUT2D eigenvalue weighted by Crippen LogP contribution is 2.56. The van der Waals surface area contributed by atoms with E-state index in [-0.39, 0.29) is 19.6 Å². The Kier molecular flexibility index (Phi) is 5.66. The van der Waals surface area contributed by atoms with Crippen LogP contribution in [0.15, 0.2) is 16.6 Å². The molecule has 2 rings (SSSR count). The van der Waals surface area contributed by atoms with Crippen molar-refractivity contribution >= 4 is 29.5 Å². The number of ether oxygens (including phenoxy) is 2. The molecule has 0 spiro atoms. The van der Waals surface area contributed by atoms with Crippen molar-refractivity contribution in [2.24, 2.45) is 0 Å². The van der Waals surface area contributed by atoms with Gasteiger partial charge in [-0.1, -0.05) is 15.9 Å². The summed E-state index contributed by atoms with van der Waals surface area (Å²) in [6.07, 6.45) is 0.210. The van der Waals surface area contributed by atoms with Crippen LogP contribution in [0.25, 0.3) is 0 Å². The van der Waals surface area contributed by atoms with Gasteiger partial charge >= 0.3 is 13.6 Å². The van der Waals surface area contributed by atoms with Crippen LogP contribution in [0.5, 0.6) is 11.5 Å². The van der Waals surface area contributed by atoms with Gasteiger partial charge < -0.3 is 18.5 Å². The molecule has 0 saturated carbocycles. The molecule has 22 heavy (non-hydrogen) atoms. The van der Waals surface area contributed by atoms with Crippen molar-refractivity contribution < 1.29 is 27.9 Å². The third-order valence-corrected chi connectivity index (χ3v) is 6.06. The molecule has 1 aliphatic heterocycles. The summed E-state index contributed by atoms with van der Waals surface area (Å²) in [5.74, 6) is 0.170. The summed E-state index contributed by atoms with van der Waals surface area (Å²) in [6.45, 7) is 3.78. The molecular formula is C14H18BrO6P. The van der Waals surface area contributed by atoms with E-state index in [9.17, 15) is 9.36 Å². The predicted molar refractivity (Wildman–Crippen MR) is 84.7 cm³/mol. The second-order valence-corrected chi connectivity index (χ2v) is 7.75. The lowest BCUT2D eigenvalue weighted by Gasteiger charge is -2.29. The van der Waals surface area contributed by atoms with Gasteiger partial charge in [0.1, 0.15) is 0 Å². The highest BCUT2D eigenvalue weighted by molar-refractivity contribution is 9.10. The van der Waals surface area contributed by atoms with E-state index in [0.717, 1.165) is 10.0 Å². The molecule has 0 N–H and O–H groups in total. The number of methoxy groups -OCH3 is 1. The molecule has 0 radical (unpaired) electrons. The lowest BCUT2D eigenvalue weighted by atomic mass is 10.1. The summed E-state index contributed by atoms with van der Waals surface area (Å²) in [5, 5.41) is 0. The molecule has 122 valence electrons. The standard InChI is InChI=1S/C14H18BrO6P/c1-4-19-22(17,20-5-2)12-7-9-6-10(15)8-11(18-3)13(9)21-14(12)16/h6,8,12H,4-5,7H2,1-3H3. The van der Waals surface area contributed by atoms with Gasteiger partial charge in [-0.25, -0.2) is 0 Å². The molecule has 0 aromatic heterocycles. The molecule has 1 aromatic carbocycles. The Hall–Kier alpha value is -0.880. The second-order valence-electron chi connectivity index (χ2n) is 4.61. The highest BCUT2D eigenvalue weighted by atomic mass is 79.9. The van der Waals surface area contributed by atoms with Crippen molar-refractivity contribution in [1.29, 1.82) is 0 Å². The molecule has 0 amide bonds. The quantitative estimate of drug-likeness (QED) is 0.418. The van der Waals surface area contributed by atoms with Gasteiger partial charge in [0, 0.05) is 16.5 Å². The summed E-state index contributed by atoms with van der Waals surface area (Å²) in [4.78, 5) is 12.3. The van der Waals surface area contributed by atoms with Gasteiger partial charge in [-0.3, -0.25) is 9.36 Å². The van der Waals surface area contributed by atoms with E-state index in [1.54, 1.807) is 26.0 Å². The Bertz CT molecular complexity index is 608. The van der Waals surface area contributed by atoms with Gasteiger partial charge in [0.25, 0.3) is 0 Å². The minimum Gasteiger partial charge on any atom is -0.493 e. The molecule has 6 nitrogen and oxygen atoms in total. The first kappa shape index (κ1) is 17.5. The summed E-state index contributed by atoms with van der Waals surface area (Å²) in [7, 11) is -2.08. The third-order valence-electron chi connectivity index (χ3n) is 3.20. The molecule has 1 aromatic rings. The first-order valence-electron chi connectivity index (χ1n) is 6.92. The predicted octanol–water partition coefficient (Wildman–Crippen LogP) is 3.55. The van der Waals surface area contributed by atoms with Gasteiger partial charge in [-0.05, 0) is 26.0 Å². The Morgan fingerprint density at radius 1 is 1.32 bits per heavy atom. The zero-order valence-corrected chi connectivity index (χ0v) is 15.1. The number of carbonyl (C=O) groups is 1. The summed E-state index contributed by atoms with van der Waals surface area (Å²) in [6, 6.07) is 3.51. The Morgan fingerprint density at radius 2 is 1.95 bits per heavy atom. The van der Waals surface area contributed by atoms with Gasteiger partial charge in [-0.15, -0.1) is 0 Å². The van der Waals surface area contributed by atoms with Crippen molar-refractivity contribution in [1.82, 2.24) is 0 Å². The topological polar surface area (TPSA) is 71.1 Å². The van der Waals surface area contributed by atoms with Crippen LogP contribution in [0.2, 0.25) is 0 Å². The SMILES string of the molecule is CCOP(=O)(OCC)C1Cc2cc(Br)cc(OC)c2OC1=O. The number of fused-ring (bicyclic) bond motifs is 1. The number of carbonyl (C=O) groups excluding carboxylic acids is 1. The van der Waals surface area contributed by atoms with Gasteiger partial charge in [0.15, 0.2) is 17.2 Å². The van der Waals surface area contributed by atoms with E-state index in [2.05, 4.69) is 15.9 Å². The summed E-state index contributed by atoms with van der Waals surface area (Å²) < 4.78 is 34.7. The first-order chi connectivity index (χ1) is 10.4. The smallest absolute Gasteiger partial charge is 0.345 e. The number of benzene rings is 1. The van der Waals surface area contributed by atoms with Crippen LogP contribution >= 0.6 is 23.5 Å². The molecule has 1 heterocycles. The van der Waals surface area contributed by atoms with Crippen molar-refractivity contribution in [2.75, 3.05) is 20.3 Å². The fourth-order valence-corrected chi connectivity index (χ4v) is 4.69. The highest BCUT2D eigenvalue weighted by Gasteiger charge is 2.46. The monoisotopic (exact) mass is 392 g/mol. The van der Waals surface area contributed by atoms with Crippen LogP contribution in [0.4, 0.5) is 0 Å². The van der Waals surface area contributed by atoms with Crippen LogP contribution in [-0.2, 0) is 24.8 Å². The number of rotatable bonds is 6. The van der Waals surface area contributed by atoms with Crippen molar-refractivity contribution in [3.63, 3.8) is 0 Å². The third kappa shape index (κ3) is 3.38. The maximum Gasteiger partial charge on any atom is 0.345 e. The van der Waals surface area contributed by atoms with E-state index >= 15 is 0 Å². The molecule has 8 heteroatoms. The molecule has 0 bridgehead atoms. The van der Waals surface area contributed by atoms with Gasteiger partial charge in [-0.2, -0.15) is 0 Å². The van der Waals surface area contributed by atoms with Crippen LogP contribution < -0.4 is 9.47 Å². The summed E-state index contributed by atoms with van der Waals surface area (Å²) >= 11 is 3.38. The fraction of sp³-hybridized carbons (Fsp3) is 0.500. The van der Waals surface area contributed by atoms with E-state index < -0.39 is 19.2 Å². The summed E-state index contributed by atoms with van der Waals surface area (Å²) in [5.41, 5.74) is -0.255. The zero-order valence-electron chi connectivity index (χ0n) is 12.6. The molecule has 0 aliphatic carbocycles. The first-order valence-corrected chi connectivity index (χ1v) is 9.32. The minimum absolute atomic E-state index is 0.190. The largest absolute Gasteiger partial charge is 0.493 e. The van der Waals surface area contributed by atoms with Crippen LogP contribution in [0, 0.1) is 0 Å². The Balaban J connectivity index is 2.41. The number of halogens is 1. The normalized spacial score (nSPS) is 17.8. The lowest BCUT2D eigenvalue weighted by molar-refractivity contribution is -0.135. The Morgan fingerprint density at radius 3 is 2.50 bits per heavy atom. The molecule has 0 saturated heterocycles. The number of hydrogen-bond acceptors (Lipinski definition) is 6. The van der Waals surface area contributed by atoms with E-state index in [4.69, 9.17) is 18.5 Å². The van der Waals surface area contributed by atoms with Gasteiger partial charge in [0.2, 0.25) is 0 Å². The van der Waals surface area contributed by atoms with Crippen molar-refractivity contribution in [3.05, 3.63) is 22.2 Å². The fourth-order valence-electron chi connectivity index (χ4n) is 2.32. The zero-order chi connectivity index (χ0) is 16.3. The average molecular weight is 393 g/mol. The molecule has 1 unspecified atom stereocenters. The van der Waals surface area contributed by atoms with E-state index in [1.165, 1.54) is 7.11 Å². The molecule has 0 fully saturated rings. The maximum atomic E-state index is 12.8.